The minimum Gasteiger partial charge on any atom is -0.496 e. The van der Waals surface area contributed by atoms with Gasteiger partial charge < -0.3 is 4.74 Å². The molecular weight excluding hydrogens is 511 g/mol. The molecule has 4 rings (SSSR count). The van der Waals surface area contributed by atoms with Gasteiger partial charge in [-0.05, 0) is 47.5 Å². The van der Waals surface area contributed by atoms with Crippen LogP contribution in [0.5, 0.6) is 5.75 Å². The molecular formula is C30H39NO3SSi2. The van der Waals surface area contributed by atoms with Gasteiger partial charge >= 0.3 is 0 Å². The van der Waals surface area contributed by atoms with Crippen molar-refractivity contribution in [3.05, 3.63) is 60.7 Å². The fraction of sp³-hybridized carbons (Fsp3) is 0.333. The Morgan fingerprint density at radius 3 is 1.65 bits per heavy atom. The van der Waals surface area contributed by atoms with Gasteiger partial charge in [-0.1, -0.05) is 98.2 Å². The van der Waals surface area contributed by atoms with E-state index in [9.17, 15) is 8.42 Å². The molecule has 0 spiro atoms. The Labute approximate surface area is 224 Å². The number of methoxy groups -OCH3 is 1. The summed E-state index contributed by atoms with van der Waals surface area (Å²) in [6.45, 7) is 17.7. The quantitative estimate of drug-likeness (QED) is 0.270. The Kier molecular flexibility index (Phi) is 7.22. The highest BCUT2D eigenvalue weighted by Crippen LogP contribution is 2.43. The average molecular weight is 550 g/mol. The number of ether oxygens (including phenoxy) is 1. The van der Waals surface area contributed by atoms with Crippen LogP contribution in [0.2, 0.25) is 39.3 Å². The van der Waals surface area contributed by atoms with E-state index in [0.717, 1.165) is 27.1 Å². The van der Waals surface area contributed by atoms with Gasteiger partial charge in [0, 0.05) is 17.2 Å². The van der Waals surface area contributed by atoms with E-state index in [1.54, 1.807) is 13.2 Å². The van der Waals surface area contributed by atoms with Gasteiger partial charge in [-0.15, -0.1) is 0 Å². The van der Waals surface area contributed by atoms with Crippen LogP contribution in [0.1, 0.15) is 13.8 Å². The van der Waals surface area contributed by atoms with Gasteiger partial charge in [0.1, 0.15) is 5.75 Å². The molecule has 0 saturated carbocycles. The minimum atomic E-state index is -3.78. The minimum absolute atomic E-state index is 0.225. The van der Waals surface area contributed by atoms with E-state index in [0.29, 0.717) is 11.3 Å². The third-order valence-corrected chi connectivity index (χ3v) is 12.6. The summed E-state index contributed by atoms with van der Waals surface area (Å²) in [5, 5.41) is 6.73. The maximum absolute atomic E-state index is 13.7. The molecule has 0 fully saturated rings. The second-order valence-corrected chi connectivity index (χ2v) is 24.1. The SMILES string of the molecule is COc1ccc2cc([Si](C)(C)C)ccc2c1-c1c(S(=O)(=O)NC(C)C)ccc2cc([Si](C)(C)C)ccc12. The van der Waals surface area contributed by atoms with Crippen molar-refractivity contribution in [2.24, 2.45) is 0 Å². The van der Waals surface area contributed by atoms with Crippen molar-refractivity contribution < 1.29 is 13.2 Å². The summed E-state index contributed by atoms with van der Waals surface area (Å²) in [7, 11) is -5.22. The number of sulfonamides is 1. The Hall–Kier alpha value is -2.46. The zero-order valence-electron chi connectivity index (χ0n) is 23.5. The molecule has 1 N–H and O–H groups in total. The molecule has 0 unspecified atom stereocenters. The fourth-order valence-electron chi connectivity index (χ4n) is 4.84. The van der Waals surface area contributed by atoms with Crippen LogP contribution in [0.4, 0.5) is 0 Å². The zero-order valence-corrected chi connectivity index (χ0v) is 26.3. The second kappa shape index (κ2) is 9.69. The smallest absolute Gasteiger partial charge is 0.241 e. The molecule has 4 aromatic carbocycles. The molecule has 0 aliphatic carbocycles. The number of hydrogen-bond donors (Lipinski definition) is 1. The van der Waals surface area contributed by atoms with Crippen LogP contribution in [-0.4, -0.2) is 37.7 Å². The Morgan fingerprint density at radius 2 is 1.19 bits per heavy atom. The highest BCUT2D eigenvalue weighted by atomic mass is 32.2. The van der Waals surface area contributed by atoms with E-state index in [1.165, 1.54) is 10.4 Å². The van der Waals surface area contributed by atoms with E-state index < -0.39 is 26.2 Å². The molecule has 0 aromatic heterocycles. The van der Waals surface area contributed by atoms with Crippen molar-refractivity contribution in [3.63, 3.8) is 0 Å². The Balaban J connectivity index is 2.17. The van der Waals surface area contributed by atoms with Crippen LogP contribution in [0.3, 0.4) is 0 Å². The summed E-state index contributed by atoms with van der Waals surface area (Å²) in [4.78, 5) is 0.273. The van der Waals surface area contributed by atoms with Crippen LogP contribution in [0.25, 0.3) is 32.7 Å². The van der Waals surface area contributed by atoms with Gasteiger partial charge in [0.2, 0.25) is 10.0 Å². The Bertz CT molecular complexity index is 1600. The Morgan fingerprint density at radius 1 is 0.703 bits per heavy atom. The van der Waals surface area contributed by atoms with Crippen LogP contribution in [-0.2, 0) is 10.0 Å². The van der Waals surface area contributed by atoms with E-state index >= 15 is 0 Å². The van der Waals surface area contributed by atoms with E-state index in [-0.39, 0.29) is 10.9 Å². The lowest BCUT2D eigenvalue weighted by molar-refractivity contribution is 0.417. The largest absolute Gasteiger partial charge is 0.496 e. The molecule has 0 aliphatic heterocycles. The number of rotatable bonds is 7. The molecule has 196 valence electrons. The summed E-state index contributed by atoms with van der Waals surface area (Å²) in [5.41, 5.74) is 1.51. The molecule has 37 heavy (non-hydrogen) atoms. The van der Waals surface area contributed by atoms with Gasteiger partial charge in [-0.25, -0.2) is 13.1 Å². The first-order valence-electron chi connectivity index (χ1n) is 12.8. The maximum Gasteiger partial charge on any atom is 0.241 e. The number of fused-ring (bicyclic) bond motifs is 2. The van der Waals surface area contributed by atoms with Crippen molar-refractivity contribution in [3.8, 4) is 16.9 Å². The lowest BCUT2D eigenvalue weighted by Crippen LogP contribution is -2.37. The molecule has 0 heterocycles. The molecule has 0 saturated heterocycles. The van der Waals surface area contributed by atoms with Gasteiger partial charge in [0.05, 0.1) is 28.2 Å². The average Bonchev–Trinajstić information content (AvgIpc) is 2.79. The summed E-state index contributed by atoms with van der Waals surface area (Å²) < 4.78 is 36.1. The zero-order chi connectivity index (χ0) is 27.3. The predicted molar refractivity (Wildman–Crippen MR) is 165 cm³/mol. The van der Waals surface area contributed by atoms with Crippen LogP contribution >= 0.6 is 0 Å². The van der Waals surface area contributed by atoms with Crippen molar-refractivity contribution in [2.75, 3.05) is 7.11 Å². The van der Waals surface area contributed by atoms with Crippen LogP contribution < -0.4 is 19.8 Å². The van der Waals surface area contributed by atoms with Crippen molar-refractivity contribution in [1.82, 2.24) is 4.72 Å². The molecule has 0 radical (unpaired) electrons. The van der Waals surface area contributed by atoms with Gasteiger partial charge in [0.25, 0.3) is 0 Å². The van der Waals surface area contributed by atoms with Gasteiger partial charge in [0.15, 0.2) is 0 Å². The normalized spacial score (nSPS) is 13.0. The molecule has 0 atom stereocenters. The first kappa shape index (κ1) is 27.6. The van der Waals surface area contributed by atoms with Crippen molar-refractivity contribution in [1.29, 1.82) is 0 Å². The van der Waals surface area contributed by atoms with E-state index in [4.69, 9.17) is 4.74 Å². The number of benzene rings is 4. The highest BCUT2D eigenvalue weighted by molar-refractivity contribution is 7.89. The standard InChI is InChI=1S/C30H39NO3SSi2/c1-20(2)31-35(32,33)28-17-11-22-19-24(37(7,8)9)13-15-26(22)30(28)29-25-14-12-23(36(4,5)6)18-21(25)10-16-27(29)34-3/h10-20,31H,1-9H3. The van der Waals surface area contributed by atoms with E-state index in [1.807, 2.05) is 26.0 Å². The monoisotopic (exact) mass is 549 g/mol. The summed E-state index contributed by atoms with van der Waals surface area (Å²) >= 11 is 0. The van der Waals surface area contributed by atoms with Gasteiger partial charge in [-0.2, -0.15) is 0 Å². The van der Waals surface area contributed by atoms with Gasteiger partial charge in [-0.3, -0.25) is 0 Å². The second-order valence-electron chi connectivity index (χ2n) is 12.2. The highest BCUT2D eigenvalue weighted by Gasteiger charge is 2.27. The molecule has 0 bridgehead atoms. The third-order valence-electron chi connectivity index (χ3n) is 6.85. The topological polar surface area (TPSA) is 55.4 Å². The predicted octanol–water partition coefficient (Wildman–Crippen LogP) is 6.45. The summed E-state index contributed by atoms with van der Waals surface area (Å²) in [6.07, 6.45) is 0. The summed E-state index contributed by atoms with van der Waals surface area (Å²) in [5.74, 6) is 0.663. The van der Waals surface area contributed by atoms with Crippen molar-refractivity contribution in [2.45, 2.75) is 64.1 Å². The number of nitrogens with one attached hydrogen (secondary N) is 1. The lowest BCUT2D eigenvalue weighted by Gasteiger charge is -2.22. The molecule has 7 heteroatoms. The first-order valence-corrected chi connectivity index (χ1v) is 21.3. The molecule has 4 aromatic rings. The van der Waals surface area contributed by atoms with E-state index in [2.05, 4.69) is 86.5 Å². The van der Waals surface area contributed by atoms with Crippen molar-refractivity contribution >= 4 is 58.1 Å². The number of hydrogen-bond acceptors (Lipinski definition) is 3. The third kappa shape index (κ3) is 5.41. The lowest BCUT2D eigenvalue weighted by atomic mass is 9.93. The van der Waals surface area contributed by atoms with Crippen LogP contribution in [0.15, 0.2) is 65.6 Å². The van der Waals surface area contributed by atoms with Crippen LogP contribution in [0, 0.1) is 0 Å². The molecule has 0 amide bonds. The summed E-state index contributed by atoms with van der Waals surface area (Å²) in [6, 6.07) is 20.6. The molecule has 4 nitrogen and oxygen atoms in total. The fourth-order valence-corrected chi connectivity index (χ4v) is 8.66. The first-order chi connectivity index (χ1) is 17.1. The maximum atomic E-state index is 13.7. The molecule has 0 aliphatic rings.